The molecule has 0 saturated carbocycles. The molecular weight excluding hydrogens is 476 g/mol. The molecule has 3 aromatic rings. The van der Waals surface area contributed by atoms with E-state index in [2.05, 4.69) is 16.2 Å². The van der Waals surface area contributed by atoms with Crippen molar-refractivity contribution >= 4 is 24.0 Å². The van der Waals surface area contributed by atoms with E-state index in [0.29, 0.717) is 0 Å². The third kappa shape index (κ3) is 6.43. The second kappa shape index (κ2) is 11.7. The minimum Gasteiger partial charge on any atom is -0.449 e. The SMILES string of the molecule is NC(=O)C[C@H](NC(=O)OCC1c2ccccc2-c2ccccc21)C(=O)NNC(=O)OCc1ccccc1. The van der Waals surface area contributed by atoms with Gasteiger partial charge >= 0.3 is 12.2 Å². The quantitative estimate of drug-likeness (QED) is 0.348. The zero-order valence-corrected chi connectivity index (χ0v) is 19.8. The number of carbonyl (C=O) groups excluding carboxylic acids is 4. The Labute approximate surface area is 213 Å². The molecule has 37 heavy (non-hydrogen) atoms. The lowest BCUT2D eigenvalue weighted by molar-refractivity contribution is -0.127. The van der Waals surface area contributed by atoms with Crippen LogP contribution in [0.1, 0.15) is 29.0 Å². The van der Waals surface area contributed by atoms with Crippen molar-refractivity contribution in [2.45, 2.75) is 25.0 Å². The number of hydrazine groups is 1. The van der Waals surface area contributed by atoms with Crippen molar-refractivity contribution in [3.63, 3.8) is 0 Å². The summed E-state index contributed by atoms with van der Waals surface area (Å²) in [5, 5.41) is 2.34. The number of rotatable bonds is 8. The third-order valence-corrected chi connectivity index (χ3v) is 5.86. The predicted molar refractivity (Wildman–Crippen MR) is 134 cm³/mol. The van der Waals surface area contributed by atoms with E-state index in [1.54, 1.807) is 24.3 Å². The first-order valence-electron chi connectivity index (χ1n) is 11.6. The molecule has 0 bridgehead atoms. The largest absolute Gasteiger partial charge is 0.449 e. The molecule has 1 aliphatic carbocycles. The summed E-state index contributed by atoms with van der Waals surface area (Å²) in [5.41, 5.74) is 14.4. The fourth-order valence-electron chi connectivity index (χ4n) is 4.15. The molecule has 1 aliphatic rings. The van der Waals surface area contributed by atoms with Gasteiger partial charge in [-0.25, -0.2) is 15.0 Å². The van der Waals surface area contributed by atoms with Gasteiger partial charge in [-0.05, 0) is 27.8 Å². The Hall–Kier alpha value is -4.86. The Morgan fingerprint density at radius 1 is 0.757 bits per heavy atom. The summed E-state index contributed by atoms with van der Waals surface area (Å²) < 4.78 is 10.4. The molecule has 0 radical (unpaired) electrons. The van der Waals surface area contributed by atoms with E-state index in [-0.39, 0.29) is 19.1 Å². The number of hydrogen-bond donors (Lipinski definition) is 4. The number of ether oxygens (including phenoxy) is 2. The van der Waals surface area contributed by atoms with E-state index in [9.17, 15) is 19.2 Å². The third-order valence-electron chi connectivity index (χ3n) is 5.86. The average molecular weight is 503 g/mol. The molecule has 0 unspecified atom stereocenters. The fraction of sp³-hybridized carbons (Fsp3) is 0.185. The summed E-state index contributed by atoms with van der Waals surface area (Å²) in [6, 6.07) is 23.3. The molecule has 0 aromatic heterocycles. The van der Waals surface area contributed by atoms with Gasteiger partial charge in [0.2, 0.25) is 5.91 Å². The van der Waals surface area contributed by atoms with Crippen LogP contribution in [0.5, 0.6) is 0 Å². The monoisotopic (exact) mass is 502 g/mol. The lowest BCUT2D eigenvalue weighted by atomic mass is 9.98. The van der Waals surface area contributed by atoms with Crippen LogP contribution in [0.2, 0.25) is 0 Å². The van der Waals surface area contributed by atoms with Crippen LogP contribution in [0.15, 0.2) is 78.9 Å². The van der Waals surface area contributed by atoms with Crippen LogP contribution in [-0.2, 0) is 25.7 Å². The molecule has 0 aliphatic heterocycles. The maximum absolute atomic E-state index is 12.5. The summed E-state index contributed by atoms with van der Waals surface area (Å²) in [4.78, 5) is 48.4. The summed E-state index contributed by atoms with van der Waals surface area (Å²) in [6.07, 6.45) is -2.33. The van der Waals surface area contributed by atoms with Crippen molar-refractivity contribution in [2.75, 3.05) is 6.61 Å². The highest BCUT2D eigenvalue weighted by Gasteiger charge is 2.30. The van der Waals surface area contributed by atoms with Crippen LogP contribution >= 0.6 is 0 Å². The first-order valence-corrected chi connectivity index (χ1v) is 11.6. The smallest absolute Gasteiger partial charge is 0.426 e. The summed E-state index contributed by atoms with van der Waals surface area (Å²) in [7, 11) is 0. The first kappa shape index (κ1) is 25.2. The molecule has 4 rings (SSSR count). The van der Waals surface area contributed by atoms with Gasteiger partial charge < -0.3 is 20.5 Å². The summed E-state index contributed by atoms with van der Waals surface area (Å²) in [6.45, 7) is 0.0140. The Kier molecular flexibility index (Phi) is 7.99. The van der Waals surface area contributed by atoms with Crippen molar-refractivity contribution in [2.24, 2.45) is 5.73 Å². The fourth-order valence-corrected chi connectivity index (χ4v) is 4.15. The maximum Gasteiger partial charge on any atom is 0.426 e. The van der Waals surface area contributed by atoms with Gasteiger partial charge in [-0.3, -0.25) is 15.0 Å². The number of hydrogen-bond acceptors (Lipinski definition) is 6. The van der Waals surface area contributed by atoms with E-state index in [0.717, 1.165) is 27.8 Å². The zero-order chi connectivity index (χ0) is 26.2. The molecule has 10 heteroatoms. The molecule has 190 valence electrons. The Bertz CT molecular complexity index is 1250. The number of alkyl carbamates (subject to hydrolysis) is 1. The van der Waals surface area contributed by atoms with Crippen molar-refractivity contribution < 1.29 is 28.7 Å². The number of nitrogens with two attached hydrogens (primary N) is 1. The maximum atomic E-state index is 12.5. The molecule has 0 saturated heterocycles. The van der Waals surface area contributed by atoms with Crippen molar-refractivity contribution in [3.8, 4) is 11.1 Å². The highest BCUT2D eigenvalue weighted by atomic mass is 16.6. The van der Waals surface area contributed by atoms with Gasteiger partial charge in [0.1, 0.15) is 19.3 Å². The van der Waals surface area contributed by atoms with Gasteiger partial charge in [0.15, 0.2) is 0 Å². The van der Waals surface area contributed by atoms with Crippen LogP contribution in [0.4, 0.5) is 9.59 Å². The topological polar surface area (TPSA) is 149 Å². The second-order valence-corrected chi connectivity index (χ2v) is 8.37. The van der Waals surface area contributed by atoms with Crippen molar-refractivity contribution in [1.29, 1.82) is 0 Å². The number of carbonyl (C=O) groups is 4. The van der Waals surface area contributed by atoms with Crippen molar-refractivity contribution in [1.82, 2.24) is 16.2 Å². The molecule has 0 heterocycles. The predicted octanol–water partition coefficient (Wildman–Crippen LogP) is 2.73. The van der Waals surface area contributed by atoms with E-state index in [1.165, 1.54) is 0 Å². The van der Waals surface area contributed by atoms with E-state index >= 15 is 0 Å². The van der Waals surface area contributed by atoms with Crippen molar-refractivity contribution in [3.05, 3.63) is 95.6 Å². The van der Waals surface area contributed by atoms with Gasteiger partial charge in [0.25, 0.3) is 5.91 Å². The summed E-state index contributed by atoms with van der Waals surface area (Å²) >= 11 is 0. The summed E-state index contributed by atoms with van der Waals surface area (Å²) in [5.74, 6) is -1.88. The minimum atomic E-state index is -1.37. The lowest BCUT2D eigenvalue weighted by Crippen LogP contribution is -2.53. The standard InChI is InChI=1S/C27H26N4O6/c28-24(32)14-23(25(33)30-31-27(35)36-15-17-8-2-1-3-9-17)29-26(34)37-16-22-20-12-6-4-10-18(20)19-11-5-7-13-21(19)22/h1-13,22-23H,14-16H2,(H2,28,32)(H,29,34)(H,30,33)(H,31,35)/t23-/m0/s1. The van der Waals surface area contributed by atoms with Crippen LogP contribution in [0.3, 0.4) is 0 Å². The molecule has 4 amide bonds. The van der Waals surface area contributed by atoms with Gasteiger partial charge in [-0.2, -0.15) is 0 Å². The van der Waals surface area contributed by atoms with Gasteiger partial charge in [0, 0.05) is 5.92 Å². The number of amides is 4. The molecule has 0 fully saturated rings. The van der Waals surface area contributed by atoms with E-state index in [4.69, 9.17) is 15.2 Å². The average Bonchev–Trinajstić information content (AvgIpc) is 3.23. The first-order chi connectivity index (χ1) is 17.9. The number of benzene rings is 3. The lowest BCUT2D eigenvalue weighted by Gasteiger charge is -2.19. The number of primary amides is 1. The van der Waals surface area contributed by atoms with Gasteiger partial charge in [0.05, 0.1) is 6.42 Å². The minimum absolute atomic E-state index is 0.00867. The van der Waals surface area contributed by atoms with Gasteiger partial charge in [-0.15, -0.1) is 0 Å². The van der Waals surface area contributed by atoms with Crippen LogP contribution in [0, 0.1) is 0 Å². The zero-order valence-electron chi connectivity index (χ0n) is 19.8. The number of nitrogens with one attached hydrogen (secondary N) is 3. The molecule has 10 nitrogen and oxygen atoms in total. The van der Waals surface area contributed by atoms with Gasteiger partial charge in [-0.1, -0.05) is 78.9 Å². The molecule has 0 spiro atoms. The highest BCUT2D eigenvalue weighted by Crippen LogP contribution is 2.44. The Morgan fingerprint density at radius 3 is 1.97 bits per heavy atom. The van der Waals surface area contributed by atoms with Crippen LogP contribution in [-0.4, -0.2) is 36.6 Å². The van der Waals surface area contributed by atoms with E-state index in [1.807, 2.05) is 54.6 Å². The highest BCUT2D eigenvalue weighted by molar-refractivity contribution is 5.91. The molecule has 3 aromatic carbocycles. The second-order valence-electron chi connectivity index (χ2n) is 8.37. The molecule has 5 N–H and O–H groups in total. The molecule has 1 atom stereocenters. The number of fused-ring (bicyclic) bond motifs is 3. The normalized spacial score (nSPS) is 12.4. The van der Waals surface area contributed by atoms with E-state index < -0.39 is 36.5 Å². The Balaban J connectivity index is 1.31. The Morgan fingerprint density at radius 2 is 1.35 bits per heavy atom. The molecular formula is C27H26N4O6. The van der Waals surface area contributed by atoms with Crippen LogP contribution in [0.25, 0.3) is 11.1 Å². The van der Waals surface area contributed by atoms with Crippen LogP contribution < -0.4 is 21.9 Å².